The fourth-order valence-corrected chi connectivity index (χ4v) is 5.01. The smallest absolute Gasteiger partial charge is 0.293 e. The Labute approximate surface area is 201 Å². The quantitative estimate of drug-likeness (QED) is 0.364. The van der Waals surface area contributed by atoms with Crippen LogP contribution in [0.25, 0.3) is 0 Å². The molecule has 1 saturated heterocycles. The minimum absolute atomic E-state index is 0.0632. The van der Waals surface area contributed by atoms with Gasteiger partial charge in [-0.05, 0) is 45.1 Å². The molecule has 3 rings (SSSR count). The molecule has 1 fully saturated rings. The van der Waals surface area contributed by atoms with Crippen molar-refractivity contribution in [1.82, 2.24) is 14.5 Å². The van der Waals surface area contributed by atoms with Crippen molar-refractivity contribution in [2.24, 2.45) is 0 Å². The van der Waals surface area contributed by atoms with Gasteiger partial charge in [0, 0.05) is 50.4 Å². The number of piperidine rings is 1. The molecule has 0 saturated carbocycles. The first-order chi connectivity index (χ1) is 16.2. The van der Waals surface area contributed by atoms with Crippen LogP contribution >= 0.6 is 0 Å². The van der Waals surface area contributed by atoms with Crippen molar-refractivity contribution in [3.8, 4) is 5.75 Å². The second-order valence-electron chi connectivity index (χ2n) is 8.64. The second kappa shape index (κ2) is 11.6. The maximum absolute atomic E-state index is 12.5. The first kappa shape index (κ1) is 25.9. The van der Waals surface area contributed by atoms with E-state index in [4.69, 9.17) is 4.74 Å². The summed E-state index contributed by atoms with van der Waals surface area (Å²) in [5.74, 6) is 0.865. The number of methoxy groups -OCH3 is 1. The molecular formula is C23H33N5O5S. The summed E-state index contributed by atoms with van der Waals surface area (Å²) in [7, 11) is 1.51. The van der Waals surface area contributed by atoms with Gasteiger partial charge >= 0.3 is 0 Å². The number of para-hydroxylation sites is 1. The van der Waals surface area contributed by atoms with E-state index in [1.807, 2.05) is 37.2 Å². The molecule has 1 aliphatic heterocycles. The standard InChI is InChI=1S/C23H33N5O5S/c1-26(2)15-12-24-34(31,32)20-8-9-21(22(16-20)28(29)30)25-19-10-13-27(14-11-19)17-18-6-4-5-7-23(18)33-3/h4-9,16,19,24-25H,10-15,17H2,1-3H3. The molecule has 1 aliphatic rings. The maximum Gasteiger partial charge on any atom is 0.293 e. The molecule has 0 amide bonds. The highest BCUT2D eigenvalue weighted by Gasteiger charge is 2.25. The van der Waals surface area contributed by atoms with Crippen molar-refractivity contribution in [2.45, 2.75) is 30.3 Å². The zero-order chi connectivity index (χ0) is 24.7. The Hall–Kier alpha value is -2.73. The minimum atomic E-state index is -3.83. The Balaban J connectivity index is 1.63. The lowest BCUT2D eigenvalue weighted by atomic mass is 10.0. The van der Waals surface area contributed by atoms with E-state index < -0.39 is 14.9 Å². The monoisotopic (exact) mass is 491 g/mol. The number of ether oxygens (including phenoxy) is 1. The van der Waals surface area contributed by atoms with Crippen molar-refractivity contribution in [2.75, 3.05) is 52.7 Å². The summed E-state index contributed by atoms with van der Waals surface area (Å²) < 4.78 is 33.0. The molecule has 34 heavy (non-hydrogen) atoms. The number of anilines is 1. The van der Waals surface area contributed by atoms with Gasteiger partial charge in [-0.2, -0.15) is 0 Å². The molecule has 186 valence electrons. The SMILES string of the molecule is COc1ccccc1CN1CCC(Nc2ccc(S(=O)(=O)NCCN(C)C)cc2[N+](=O)[O-])CC1. The van der Waals surface area contributed by atoms with Crippen LogP contribution in [-0.2, 0) is 16.6 Å². The Morgan fingerprint density at radius 3 is 2.53 bits per heavy atom. The van der Waals surface area contributed by atoms with Gasteiger partial charge in [-0.25, -0.2) is 13.1 Å². The third kappa shape index (κ3) is 6.89. The zero-order valence-corrected chi connectivity index (χ0v) is 20.7. The van der Waals surface area contributed by atoms with Gasteiger partial charge in [-0.1, -0.05) is 18.2 Å². The summed E-state index contributed by atoms with van der Waals surface area (Å²) in [6.07, 6.45) is 1.64. The number of nitrogens with zero attached hydrogens (tertiary/aromatic N) is 3. The predicted octanol–water partition coefficient (Wildman–Crippen LogP) is 2.52. The molecule has 0 bridgehead atoms. The molecule has 0 radical (unpaired) electrons. The van der Waals surface area contributed by atoms with Crippen LogP contribution in [0.4, 0.5) is 11.4 Å². The lowest BCUT2D eigenvalue weighted by Crippen LogP contribution is -2.38. The second-order valence-corrected chi connectivity index (χ2v) is 10.4. The minimum Gasteiger partial charge on any atom is -0.496 e. The highest BCUT2D eigenvalue weighted by Crippen LogP contribution is 2.30. The Morgan fingerprint density at radius 2 is 1.88 bits per heavy atom. The number of hydrogen-bond donors (Lipinski definition) is 2. The fraction of sp³-hybridized carbons (Fsp3) is 0.478. The molecule has 0 aliphatic carbocycles. The van der Waals surface area contributed by atoms with Crippen LogP contribution in [0.5, 0.6) is 5.75 Å². The van der Waals surface area contributed by atoms with Crippen molar-refractivity contribution < 1.29 is 18.1 Å². The van der Waals surface area contributed by atoms with Gasteiger partial charge in [0.2, 0.25) is 10.0 Å². The number of hydrogen-bond acceptors (Lipinski definition) is 8. The van der Waals surface area contributed by atoms with Gasteiger partial charge < -0.3 is 15.0 Å². The zero-order valence-electron chi connectivity index (χ0n) is 19.9. The van der Waals surface area contributed by atoms with E-state index in [0.29, 0.717) is 12.2 Å². The number of rotatable bonds is 11. The van der Waals surface area contributed by atoms with Crippen LogP contribution in [0.3, 0.4) is 0 Å². The number of likely N-dealkylation sites (tertiary alicyclic amines) is 1. The number of benzene rings is 2. The highest BCUT2D eigenvalue weighted by molar-refractivity contribution is 7.89. The molecule has 2 aromatic carbocycles. The molecular weight excluding hydrogens is 458 g/mol. The van der Waals surface area contributed by atoms with Crippen LogP contribution in [-0.4, -0.2) is 76.6 Å². The molecule has 2 N–H and O–H groups in total. The Morgan fingerprint density at radius 1 is 1.18 bits per heavy atom. The normalized spacial score (nSPS) is 15.4. The van der Waals surface area contributed by atoms with Crippen molar-refractivity contribution in [3.63, 3.8) is 0 Å². The third-order valence-electron chi connectivity index (χ3n) is 5.86. The summed E-state index contributed by atoms with van der Waals surface area (Å²) in [5, 5.41) is 14.9. The van der Waals surface area contributed by atoms with E-state index in [2.05, 4.69) is 21.0 Å². The third-order valence-corrected chi connectivity index (χ3v) is 7.32. The van der Waals surface area contributed by atoms with E-state index in [1.54, 1.807) is 7.11 Å². The van der Waals surface area contributed by atoms with Crippen molar-refractivity contribution in [1.29, 1.82) is 0 Å². The fourth-order valence-electron chi connectivity index (χ4n) is 3.97. The number of nitro benzene ring substituents is 1. The van der Waals surface area contributed by atoms with Gasteiger partial charge in [-0.3, -0.25) is 15.0 Å². The topological polar surface area (TPSA) is 117 Å². The van der Waals surface area contributed by atoms with Gasteiger partial charge in [0.05, 0.1) is 16.9 Å². The molecule has 0 atom stereocenters. The highest BCUT2D eigenvalue weighted by atomic mass is 32.2. The van der Waals surface area contributed by atoms with Crippen LogP contribution in [0, 0.1) is 10.1 Å². The lowest BCUT2D eigenvalue weighted by molar-refractivity contribution is -0.384. The Kier molecular flexibility index (Phi) is 8.84. The van der Waals surface area contributed by atoms with Crippen LogP contribution in [0.2, 0.25) is 0 Å². The molecule has 10 nitrogen and oxygen atoms in total. The summed E-state index contributed by atoms with van der Waals surface area (Å²) in [5.41, 5.74) is 1.22. The van der Waals surface area contributed by atoms with Gasteiger partial charge in [0.25, 0.3) is 5.69 Å². The summed E-state index contributed by atoms with van der Waals surface area (Å²) in [6.45, 7) is 3.20. The maximum atomic E-state index is 12.5. The van der Waals surface area contributed by atoms with Crippen LogP contribution in [0.1, 0.15) is 18.4 Å². The van der Waals surface area contributed by atoms with Crippen LogP contribution in [0.15, 0.2) is 47.4 Å². The molecule has 0 spiro atoms. The summed E-state index contributed by atoms with van der Waals surface area (Å²) >= 11 is 0. The average Bonchev–Trinajstić information content (AvgIpc) is 2.80. The molecule has 1 heterocycles. The molecule has 11 heteroatoms. The summed E-state index contributed by atoms with van der Waals surface area (Å²) in [6, 6.07) is 12.0. The predicted molar refractivity (Wildman–Crippen MR) is 132 cm³/mol. The summed E-state index contributed by atoms with van der Waals surface area (Å²) in [4.78, 5) is 15.2. The van der Waals surface area contributed by atoms with E-state index in [9.17, 15) is 18.5 Å². The van der Waals surface area contributed by atoms with Crippen molar-refractivity contribution >= 4 is 21.4 Å². The largest absolute Gasteiger partial charge is 0.496 e. The number of nitrogens with one attached hydrogen (secondary N) is 2. The number of nitro groups is 1. The first-order valence-electron chi connectivity index (χ1n) is 11.2. The average molecular weight is 492 g/mol. The van der Waals surface area contributed by atoms with Gasteiger partial charge in [0.15, 0.2) is 0 Å². The van der Waals surface area contributed by atoms with Crippen molar-refractivity contribution in [3.05, 3.63) is 58.1 Å². The lowest BCUT2D eigenvalue weighted by Gasteiger charge is -2.33. The molecule has 2 aromatic rings. The number of likely N-dealkylation sites (N-methyl/N-ethyl adjacent to an activating group) is 1. The van der Waals surface area contributed by atoms with Crippen LogP contribution < -0.4 is 14.8 Å². The molecule has 0 aromatic heterocycles. The molecule has 0 unspecified atom stereocenters. The number of sulfonamides is 1. The van der Waals surface area contributed by atoms with Gasteiger partial charge in [0.1, 0.15) is 11.4 Å². The van der Waals surface area contributed by atoms with E-state index in [0.717, 1.165) is 49.9 Å². The first-order valence-corrected chi connectivity index (χ1v) is 12.7. The van der Waals surface area contributed by atoms with E-state index in [1.165, 1.54) is 12.1 Å². The van der Waals surface area contributed by atoms with Gasteiger partial charge in [-0.15, -0.1) is 0 Å². The van der Waals surface area contributed by atoms with E-state index >= 15 is 0 Å². The Bertz CT molecular complexity index is 1080. The van der Waals surface area contributed by atoms with E-state index in [-0.39, 0.29) is 23.2 Å².